The van der Waals surface area contributed by atoms with Gasteiger partial charge >= 0.3 is 18.0 Å². The first-order valence-electron chi connectivity index (χ1n) is 33.4. The third-order valence-corrected chi connectivity index (χ3v) is 19.6. The molecule has 5 saturated heterocycles. The van der Waals surface area contributed by atoms with E-state index in [4.69, 9.17) is 25.8 Å². The minimum Gasteiger partial charge on any atom is -0.444 e. The molecule has 93 heavy (non-hydrogen) atoms. The molecule has 5 aromatic rings. The molecule has 5 aliphatic heterocycles. The quantitative estimate of drug-likeness (QED) is 0.0746. The number of aromatic nitrogens is 3. The van der Waals surface area contributed by atoms with Gasteiger partial charge in [0.2, 0.25) is 17.4 Å². The zero-order valence-electron chi connectivity index (χ0n) is 54.5. The highest BCUT2D eigenvalue weighted by Gasteiger charge is 2.74. The van der Waals surface area contributed by atoms with Gasteiger partial charge in [-0.05, 0) is 140 Å². The first-order valence-corrected chi connectivity index (χ1v) is 33.8. The number of fused-ring (bicyclic) bond motifs is 1. The van der Waals surface area contributed by atoms with Crippen molar-refractivity contribution in [2.45, 2.75) is 185 Å². The summed E-state index contributed by atoms with van der Waals surface area (Å²) in [4.78, 5) is 97.5. The molecule has 0 bridgehead atoms. The van der Waals surface area contributed by atoms with Gasteiger partial charge < -0.3 is 44.1 Å². The van der Waals surface area contributed by atoms with E-state index in [1.807, 2.05) is 55.0 Å². The summed E-state index contributed by atoms with van der Waals surface area (Å²) in [5.41, 5.74) is -0.145. The summed E-state index contributed by atoms with van der Waals surface area (Å²) < 4.78 is 63.9. The number of amides is 5. The predicted molar refractivity (Wildman–Crippen MR) is 347 cm³/mol. The molecule has 6 fully saturated rings. The van der Waals surface area contributed by atoms with Crippen LogP contribution >= 0.6 is 11.6 Å². The van der Waals surface area contributed by atoms with E-state index in [9.17, 15) is 32.8 Å². The van der Waals surface area contributed by atoms with E-state index in [-0.39, 0.29) is 65.9 Å². The number of anilines is 1. The number of hydrogen-bond donors (Lipinski definition) is 3. The van der Waals surface area contributed by atoms with Crippen molar-refractivity contribution < 1.29 is 56.3 Å². The number of piperidine rings is 4. The topological polar surface area (TPSA) is 200 Å². The summed E-state index contributed by atoms with van der Waals surface area (Å²) in [6.45, 7) is 15.2. The van der Waals surface area contributed by atoms with Crippen LogP contribution < -0.4 is 15.2 Å². The Morgan fingerprint density at radius 1 is 0.785 bits per heavy atom. The minimum atomic E-state index is -0.922. The van der Waals surface area contributed by atoms with Gasteiger partial charge in [0, 0.05) is 107 Å². The van der Waals surface area contributed by atoms with Crippen LogP contribution in [0.3, 0.4) is 0 Å². The number of likely N-dealkylation sites (tertiary alicyclic amines) is 3. The van der Waals surface area contributed by atoms with E-state index in [2.05, 4.69) is 47.2 Å². The van der Waals surface area contributed by atoms with Gasteiger partial charge in [-0.2, -0.15) is 4.79 Å². The minimum absolute atomic E-state index is 0.00337. The maximum atomic E-state index is 16.9. The van der Waals surface area contributed by atoms with Crippen LogP contribution in [0.5, 0.6) is 0 Å². The number of nitrogens with zero attached hydrogens (tertiary/aromatic N) is 8. The molecule has 19 nitrogen and oxygen atoms in total. The van der Waals surface area contributed by atoms with Crippen molar-refractivity contribution in [1.82, 2.24) is 44.8 Å². The van der Waals surface area contributed by atoms with Crippen LogP contribution in [0.15, 0.2) is 79.3 Å². The lowest BCUT2D eigenvalue weighted by Crippen LogP contribution is -2.74. The highest BCUT2D eigenvalue weighted by atomic mass is 35.5. The van der Waals surface area contributed by atoms with Gasteiger partial charge in [0.05, 0.1) is 29.7 Å². The smallest absolute Gasteiger partial charge is 0.444 e. The lowest BCUT2D eigenvalue weighted by atomic mass is 9.83. The second-order valence-corrected chi connectivity index (χ2v) is 28.6. The van der Waals surface area contributed by atoms with E-state index in [0.29, 0.717) is 82.3 Å². The fourth-order valence-electron chi connectivity index (χ4n) is 14.4. The number of rotatable bonds is 17. The molecule has 3 atom stereocenters. The average molecular weight is 1310 g/mol. The first-order chi connectivity index (χ1) is 44.5. The summed E-state index contributed by atoms with van der Waals surface area (Å²) in [5.74, 6) is -2.49. The van der Waals surface area contributed by atoms with Crippen molar-refractivity contribution in [1.29, 1.82) is 0 Å². The van der Waals surface area contributed by atoms with Crippen LogP contribution in [0.1, 0.15) is 170 Å². The monoisotopic (exact) mass is 1300 g/mol. The summed E-state index contributed by atoms with van der Waals surface area (Å²) in [6.07, 6.45) is 13.0. The number of halogens is 4. The molecule has 2 aromatic heterocycles. The number of H-pyrrole nitrogens is 1. The van der Waals surface area contributed by atoms with Gasteiger partial charge in [-0.3, -0.25) is 24.3 Å². The Kier molecular flexibility index (Phi) is 20.7. The lowest BCUT2D eigenvalue weighted by Gasteiger charge is -2.39. The first kappa shape index (κ1) is 67.1. The number of amidine groups is 1. The van der Waals surface area contributed by atoms with Crippen LogP contribution in [0.2, 0.25) is 5.02 Å². The normalized spacial score (nSPS) is 20.6. The molecule has 3 N–H and O–H groups in total. The summed E-state index contributed by atoms with van der Waals surface area (Å²) in [5, 5.41) is 4.65. The Hall–Kier alpha value is -7.30. The molecule has 1 saturated carbocycles. The van der Waals surface area contributed by atoms with Crippen molar-refractivity contribution in [3.05, 3.63) is 124 Å². The Bertz CT molecular complexity index is 3510. The van der Waals surface area contributed by atoms with Crippen LogP contribution in [-0.2, 0) is 30.3 Å². The Morgan fingerprint density at radius 3 is 2.17 bits per heavy atom. The maximum Gasteiger partial charge on any atom is 0.508 e. The molecule has 1 unspecified atom stereocenters. The number of carbonyl (C=O) groups excluding carboxylic acids is 5. The van der Waals surface area contributed by atoms with Crippen LogP contribution in [-0.4, -0.2) is 176 Å². The number of carbonyl (C=O) groups is 5. The van der Waals surface area contributed by atoms with Crippen LogP contribution in [0, 0.1) is 23.4 Å². The van der Waals surface area contributed by atoms with E-state index in [1.54, 1.807) is 39.2 Å². The molecule has 1 aliphatic carbocycles. The van der Waals surface area contributed by atoms with Crippen molar-refractivity contribution in [2.24, 2.45) is 5.92 Å². The largest absolute Gasteiger partial charge is 0.508 e. The van der Waals surface area contributed by atoms with Gasteiger partial charge in [-0.25, -0.2) is 27.9 Å². The molecule has 500 valence electrons. The fraction of sp³-hybridized carbons (Fsp3) is 0.571. The standard InChI is InChI=1S/C70H89ClF3N11O8/c1-68(2,3)92-66(89)84(42-48-19-22-50(72)40-56(48)73)43-58(86)83-32-11-14-47(41-83)53-15-10-16-54(59(53)74)63(87)79-60(46-12-8-7-9-13-46)64(88)82-36-26-52(27-37-82)91-51-24-33-80(34-25-51)35-28-57(45-17-20-49(71)21-18-45)78-65-70(85(65)67(90)93-69(4,5)6)29-38-81(39-30-70)62-55-23-31-75-61(55)76-44-77-62/h10,15-23,31,40,44,46-47,51-52,57,60H,7-9,11-14,24-30,32-39,41-43H2,1-6H3,(H,79,87)(H,75,76,77)/p+1/t47?,57-,60+,85?/m0/s1. The highest BCUT2D eigenvalue weighted by molar-refractivity contribution is 6.30. The molecule has 0 radical (unpaired) electrons. The van der Waals surface area contributed by atoms with E-state index < -0.39 is 70.6 Å². The Balaban J connectivity index is 0.680. The second-order valence-electron chi connectivity index (χ2n) is 28.2. The average Bonchev–Trinajstić information content (AvgIpc) is 1.55. The van der Waals surface area contributed by atoms with Gasteiger partial charge in [-0.1, -0.05) is 61.2 Å². The number of aromatic amines is 1. The molecule has 5 amide bonds. The highest BCUT2D eigenvalue weighted by Crippen LogP contribution is 2.45. The van der Waals surface area contributed by atoms with Crippen molar-refractivity contribution in [3.8, 4) is 0 Å². The number of hydrogen-bond acceptors (Lipinski definition) is 12. The summed E-state index contributed by atoms with van der Waals surface area (Å²) >= 11 is 6.43. The van der Waals surface area contributed by atoms with E-state index in [0.717, 1.165) is 110 Å². The predicted octanol–water partition coefficient (Wildman–Crippen LogP) is 10.2. The zero-order valence-corrected chi connectivity index (χ0v) is 55.3. The zero-order chi connectivity index (χ0) is 65.8. The third-order valence-electron chi connectivity index (χ3n) is 19.3. The molecule has 6 aliphatic rings. The molecular weight excluding hydrogens is 1220 g/mol. The molecule has 11 rings (SSSR count). The van der Waals surface area contributed by atoms with Gasteiger partial charge in [-0.15, -0.1) is 4.90 Å². The number of nitrogens with one attached hydrogen (secondary N) is 3. The van der Waals surface area contributed by atoms with Crippen molar-refractivity contribution in [3.63, 3.8) is 0 Å². The number of ether oxygens (including phenoxy) is 3. The van der Waals surface area contributed by atoms with Gasteiger partial charge in [0.15, 0.2) is 0 Å². The van der Waals surface area contributed by atoms with Gasteiger partial charge in [0.25, 0.3) is 5.91 Å². The molecule has 7 heterocycles. The van der Waals surface area contributed by atoms with Crippen molar-refractivity contribution >= 4 is 64.2 Å². The second kappa shape index (κ2) is 28.7. The molecule has 1 spiro atoms. The SMILES string of the molecule is CC(C)(C)OC(=O)N(CC(=O)N1CCCC(c2cccc(C(=O)N[C@@H](C(=O)N3CCC(OC4CCN(CC[C@H]([NH+]=C5N(C(=O)OC(C)(C)C)C56CCN(c5ncnc7[nH]ccc57)CC6)c5ccc(Cl)cc5)CC4)CC3)C3CCCCC3)c2F)C1)Cc1ccc(F)cc1F. The van der Waals surface area contributed by atoms with Gasteiger partial charge in [0.1, 0.15) is 65.1 Å². The fourth-order valence-corrected chi connectivity index (χ4v) is 14.5. The van der Waals surface area contributed by atoms with E-state index in [1.165, 1.54) is 17.0 Å². The van der Waals surface area contributed by atoms with Crippen LogP contribution in [0.4, 0.5) is 28.6 Å². The van der Waals surface area contributed by atoms with Crippen molar-refractivity contribution in [2.75, 3.05) is 70.3 Å². The molecule has 23 heteroatoms. The molecule has 3 aromatic carbocycles. The Morgan fingerprint density at radius 2 is 1.48 bits per heavy atom. The maximum absolute atomic E-state index is 16.9. The Labute approximate surface area is 548 Å². The van der Waals surface area contributed by atoms with E-state index >= 15 is 4.39 Å². The van der Waals surface area contributed by atoms with Crippen LogP contribution in [0.25, 0.3) is 11.0 Å². The summed E-state index contributed by atoms with van der Waals surface area (Å²) in [6, 6.07) is 16.7. The molecular formula is C70H90ClF3N11O8+. The lowest BCUT2D eigenvalue weighted by molar-refractivity contribution is -0.511. The summed E-state index contributed by atoms with van der Waals surface area (Å²) in [7, 11) is 0. The number of benzene rings is 3. The third kappa shape index (κ3) is 16.3.